The number of carbonyl (C=O) groups is 2. The molecule has 0 saturated carbocycles. The average Bonchev–Trinajstić information content (AvgIpc) is 2.72. The molecule has 1 atom stereocenters. The van der Waals surface area contributed by atoms with Crippen molar-refractivity contribution >= 4 is 23.3 Å². The van der Waals surface area contributed by atoms with Crippen LogP contribution in [-0.4, -0.2) is 29.7 Å². The number of amides is 3. The molecular formula is C22H28F2N4O3. The molecule has 7 nitrogen and oxygen atoms in total. The van der Waals surface area contributed by atoms with Crippen molar-refractivity contribution in [1.29, 1.82) is 0 Å². The normalized spacial score (nSPS) is 11.5. The van der Waals surface area contributed by atoms with Gasteiger partial charge in [0.05, 0.1) is 0 Å². The monoisotopic (exact) mass is 434 g/mol. The number of carbonyl (C=O) groups excluding carboxylic acids is 2. The van der Waals surface area contributed by atoms with Crippen molar-refractivity contribution in [2.24, 2.45) is 0 Å². The van der Waals surface area contributed by atoms with Crippen LogP contribution in [0, 0.1) is 32.4 Å². The van der Waals surface area contributed by atoms with Crippen LogP contribution in [0.2, 0.25) is 0 Å². The van der Waals surface area contributed by atoms with Crippen molar-refractivity contribution in [3.05, 3.63) is 58.7 Å². The van der Waals surface area contributed by atoms with Crippen molar-refractivity contribution in [2.45, 2.75) is 46.1 Å². The number of hydrogen-bond donors (Lipinski definition) is 5. The fraction of sp³-hybridized carbons (Fsp3) is 0.364. The number of halogens is 2. The molecular weight excluding hydrogens is 406 g/mol. The van der Waals surface area contributed by atoms with E-state index in [0.29, 0.717) is 53.9 Å². The first-order chi connectivity index (χ1) is 14.7. The molecule has 168 valence electrons. The number of hydrogen-bond acceptors (Lipinski definition) is 4. The fourth-order valence-electron chi connectivity index (χ4n) is 3.15. The van der Waals surface area contributed by atoms with Gasteiger partial charge in [0.1, 0.15) is 17.7 Å². The summed E-state index contributed by atoms with van der Waals surface area (Å²) < 4.78 is 27.1. The smallest absolute Gasteiger partial charge is 0.319 e. The van der Waals surface area contributed by atoms with Gasteiger partial charge in [-0.15, -0.1) is 0 Å². The molecule has 9 heteroatoms. The van der Waals surface area contributed by atoms with Gasteiger partial charge >= 0.3 is 6.03 Å². The number of hydroxylamine groups is 1. The van der Waals surface area contributed by atoms with Crippen LogP contribution < -0.4 is 21.4 Å². The summed E-state index contributed by atoms with van der Waals surface area (Å²) in [6.45, 7) is 5.26. The highest BCUT2D eigenvalue weighted by atomic mass is 19.1. The predicted octanol–water partition coefficient (Wildman–Crippen LogP) is 4.17. The van der Waals surface area contributed by atoms with E-state index in [1.165, 1.54) is 18.2 Å². The zero-order valence-corrected chi connectivity index (χ0v) is 17.8. The number of urea groups is 1. The Morgan fingerprint density at radius 1 is 0.968 bits per heavy atom. The Kier molecular flexibility index (Phi) is 8.75. The van der Waals surface area contributed by atoms with E-state index in [-0.39, 0.29) is 11.6 Å². The molecule has 0 heterocycles. The zero-order valence-electron chi connectivity index (χ0n) is 17.8. The summed E-state index contributed by atoms with van der Waals surface area (Å²) in [4.78, 5) is 23.9. The summed E-state index contributed by atoms with van der Waals surface area (Å²) in [6.07, 6.45) is 1.57. The van der Waals surface area contributed by atoms with Crippen LogP contribution in [0.1, 0.15) is 36.0 Å². The van der Waals surface area contributed by atoms with Gasteiger partial charge in [-0.05, 0) is 87.1 Å². The minimum Gasteiger partial charge on any atom is -0.374 e. The standard InChI is InChI=1S/C22H28F2N4O3/c1-13-10-16(7-8-18(13)23)27-22(30)25-9-5-4-6-19(21(29)28-31)26-17-11-14(2)20(24)15(3)12-17/h7-8,10-12,19,26,31H,4-6,9H2,1-3H3,(H,28,29)(H2,25,27,30). The third-order valence-electron chi connectivity index (χ3n) is 4.82. The molecule has 2 aromatic rings. The lowest BCUT2D eigenvalue weighted by Crippen LogP contribution is -2.38. The average molecular weight is 434 g/mol. The van der Waals surface area contributed by atoms with Crippen LogP contribution in [0.15, 0.2) is 30.3 Å². The second-order valence-corrected chi connectivity index (χ2v) is 7.44. The van der Waals surface area contributed by atoms with Crippen molar-refractivity contribution in [2.75, 3.05) is 17.2 Å². The number of anilines is 2. The number of aryl methyl sites for hydroxylation is 3. The SMILES string of the molecule is Cc1cc(NC(=O)NCCCCC(Nc2cc(C)c(F)c(C)c2)C(=O)NO)ccc1F. The van der Waals surface area contributed by atoms with Crippen LogP contribution in [0.4, 0.5) is 25.0 Å². The minimum absolute atomic E-state index is 0.297. The third kappa shape index (κ3) is 7.21. The molecule has 31 heavy (non-hydrogen) atoms. The summed E-state index contributed by atoms with van der Waals surface area (Å²) in [5, 5.41) is 17.3. The maximum atomic E-state index is 13.8. The molecule has 0 fully saturated rings. The highest BCUT2D eigenvalue weighted by Crippen LogP contribution is 2.20. The molecule has 0 aliphatic rings. The molecule has 0 radical (unpaired) electrons. The largest absolute Gasteiger partial charge is 0.374 e. The molecule has 2 rings (SSSR count). The summed E-state index contributed by atoms with van der Waals surface area (Å²) in [5.41, 5.74) is 4.06. The van der Waals surface area contributed by atoms with Gasteiger partial charge in [-0.2, -0.15) is 0 Å². The van der Waals surface area contributed by atoms with E-state index in [1.807, 2.05) is 0 Å². The van der Waals surface area contributed by atoms with E-state index < -0.39 is 18.0 Å². The van der Waals surface area contributed by atoms with Gasteiger partial charge in [0.2, 0.25) is 0 Å². The number of unbranched alkanes of at least 4 members (excludes halogenated alkanes) is 1. The quantitative estimate of drug-likeness (QED) is 0.232. The van der Waals surface area contributed by atoms with Crippen molar-refractivity contribution in [3.63, 3.8) is 0 Å². The van der Waals surface area contributed by atoms with Crippen LogP contribution in [0.5, 0.6) is 0 Å². The molecule has 1 unspecified atom stereocenters. The fourth-order valence-corrected chi connectivity index (χ4v) is 3.15. The first kappa shape index (κ1) is 24.1. The van der Waals surface area contributed by atoms with E-state index in [0.717, 1.165) is 0 Å². The number of benzene rings is 2. The Labute approximate surface area is 180 Å². The molecule has 0 aliphatic carbocycles. The van der Waals surface area contributed by atoms with E-state index >= 15 is 0 Å². The number of rotatable bonds is 9. The highest BCUT2D eigenvalue weighted by Gasteiger charge is 2.18. The second kappa shape index (κ2) is 11.3. The van der Waals surface area contributed by atoms with Gasteiger partial charge < -0.3 is 16.0 Å². The second-order valence-electron chi connectivity index (χ2n) is 7.44. The Bertz CT molecular complexity index is 914. The maximum absolute atomic E-state index is 13.8. The minimum atomic E-state index is -0.717. The lowest BCUT2D eigenvalue weighted by molar-refractivity contribution is -0.130. The van der Waals surface area contributed by atoms with Crippen LogP contribution >= 0.6 is 0 Å². The van der Waals surface area contributed by atoms with Crippen molar-refractivity contribution < 1.29 is 23.6 Å². The van der Waals surface area contributed by atoms with E-state index in [9.17, 15) is 18.4 Å². The van der Waals surface area contributed by atoms with E-state index in [1.54, 1.807) is 38.4 Å². The lowest BCUT2D eigenvalue weighted by Gasteiger charge is -2.19. The molecule has 0 spiro atoms. The first-order valence-corrected chi connectivity index (χ1v) is 9.99. The number of nitrogens with one attached hydrogen (secondary N) is 4. The Morgan fingerprint density at radius 2 is 1.61 bits per heavy atom. The van der Waals surface area contributed by atoms with Crippen molar-refractivity contribution in [3.8, 4) is 0 Å². The third-order valence-corrected chi connectivity index (χ3v) is 4.82. The Morgan fingerprint density at radius 3 is 2.23 bits per heavy atom. The topological polar surface area (TPSA) is 102 Å². The van der Waals surface area contributed by atoms with Gasteiger partial charge in [-0.25, -0.2) is 19.1 Å². The molecule has 5 N–H and O–H groups in total. The highest BCUT2D eigenvalue weighted by molar-refractivity contribution is 5.89. The van der Waals surface area contributed by atoms with Crippen molar-refractivity contribution in [1.82, 2.24) is 10.8 Å². The van der Waals surface area contributed by atoms with Gasteiger partial charge in [-0.3, -0.25) is 10.0 Å². The molecule has 3 amide bonds. The van der Waals surface area contributed by atoms with Gasteiger partial charge in [-0.1, -0.05) is 0 Å². The predicted molar refractivity (Wildman–Crippen MR) is 115 cm³/mol. The molecule has 0 bridgehead atoms. The zero-order chi connectivity index (χ0) is 23.0. The molecule has 0 saturated heterocycles. The van der Waals surface area contributed by atoms with Gasteiger partial charge in [0.25, 0.3) is 5.91 Å². The molecule has 0 aromatic heterocycles. The van der Waals surface area contributed by atoms with Crippen LogP contribution in [-0.2, 0) is 4.79 Å². The summed E-state index contributed by atoms with van der Waals surface area (Å²) in [7, 11) is 0. The lowest BCUT2D eigenvalue weighted by atomic mass is 10.1. The van der Waals surface area contributed by atoms with Crippen LogP contribution in [0.3, 0.4) is 0 Å². The summed E-state index contributed by atoms with van der Waals surface area (Å²) in [5.74, 6) is -1.24. The maximum Gasteiger partial charge on any atom is 0.319 e. The van der Waals surface area contributed by atoms with Gasteiger partial charge in [0.15, 0.2) is 0 Å². The molecule has 0 aliphatic heterocycles. The Balaban J connectivity index is 1.80. The van der Waals surface area contributed by atoms with Gasteiger partial charge in [0, 0.05) is 17.9 Å². The van der Waals surface area contributed by atoms with E-state index in [2.05, 4.69) is 16.0 Å². The summed E-state index contributed by atoms with van der Waals surface area (Å²) in [6, 6.07) is 6.37. The Hall–Kier alpha value is -3.20. The van der Waals surface area contributed by atoms with E-state index in [4.69, 9.17) is 5.21 Å². The first-order valence-electron chi connectivity index (χ1n) is 9.99. The summed E-state index contributed by atoms with van der Waals surface area (Å²) >= 11 is 0. The van der Waals surface area contributed by atoms with Crippen LogP contribution in [0.25, 0.3) is 0 Å². The molecule has 2 aromatic carbocycles.